The van der Waals surface area contributed by atoms with E-state index in [4.69, 9.17) is 11.6 Å². The molecule has 0 aliphatic heterocycles. The number of thioether (sulfide) groups is 1. The van der Waals surface area contributed by atoms with E-state index >= 15 is 0 Å². The number of hydrogen-bond donors (Lipinski definition) is 1. The number of carbonyl (C=O) groups is 1. The highest BCUT2D eigenvalue weighted by atomic mass is 35.5. The first-order valence-corrected chi connectivity index (χ1v) is 9.20. The molecule has 1 aromatic heterocycles. The highest BCUT2D eigenvalue weighted by Gasteiger charge is 2.13. The molecule has 0 fully saturated rings. The molecule has 3 rings (SSSR count). The summed E-state index contributed by atoms with van der Waals surface area (Å²) < 4.78 is 15.7. The number of aromatic nitrogens is 3. The van der Waals surface area contributed by atoms with Gasteiger partial charge in [-0.2, -0.15) is 0 Å². The molecule has 0 aliphatic rings. The molecule has 1 amide bonds. The third-order valence-corrected chi connectivity index (χ3v) is 4.82. The predicted molar refractivity (Wildman–Crippen MR) is 101 cm³/mol. The van der Waals surface area contributed by atoms with E-state index in [1.165, 1.54) is 23.9 Å². The number of benzene rings is 2. The van der Waals surface area contributed by atoms with Crippen LogP contribution in [0.1, 0.15) is 11.4 Å². The van der Waals surface area contributed by atoms with Gasteiger partial charge in [0, 0.05) is 5.02 Å². The second-order valence-corrected chi connectivity index (χ2v) is 6.94. The minimum absolute atomic E-state index is 0.0923. The van der Waals surface area contributed by atoms with Crippen LogP contribution in [0.5, 0.6) is 0 Å². The molecule has 134 valence electrons. The van der Waals surface area contributed by atoms with Crippen molar-refractivity contribution in [1.82, 2.24) is 14.8 Å². The Labute approximate surface area is 159 Å². The Morgan fingerprint density at radius 1 is 1.23 bits per heavy atom. The van der Waals surface area contributed by atoms with Crippen molar-refractivity contribution in [2.45, 2.75) is 18.6 Å². The van der Waals surface area contributed by atoms with Gasteiger partial charge >= 0.3 is 0 Å². The van der Waals surface area contributed by atoms with Crippen LogP contribution in [0.15, 0.2) is 53.7 Å². The minimum Gasteiger partial charge on any atom is -0.323 e. The molecule has 0 atom stereocenters. The summed E-state index contributed by atoms with van der Waals surface area (Å²) in [5.41, 5.74) is 1.21. The normalized spacial score (nSPS) is 10.7. The number of aryl methyl sites for hydroxylation is 1. The predicted octanol–water partition coefficient (Wildman–Crippen LogP) is 4.16. The van der Waals surface area contributed by atoms with E-state index in [1.54, 1.807) is 0 Å². The second-order valence-electron chi connectivity index (χ2n) is 5.56. The lowest BCUT2D eigenvalue weighted by Gasteiger charge is -2.09. The number of carbonyl (C=O) groups excluding carboxylic acids is 1. The molecule has 8 heteroatoms. The van der Waals surface area contributed by atoms with Crippen LogP contribution in [-0.4, -0.2) is 26.4 Å². The number of nitrogens with zero attached hydrogens (tertiary/aromatic N) is 3. The zero-order valence-corrected chi connectivity index (χ0v) is 15.5. The topological polar surface area (TPSA) is 59.8 Å². The van der Waals surface area contributed by atoms with Crippen molar-refractivity contribution in [3.63, 3.8) is 0 Å². The second kappa shape index (κ2) is 8.33. The molecule has 1 N–H and O–H groups in total. The van der Waals surface area contributed by atoms with E-state index in [-0.39, 0.29) is 22.4 Å². The summed E-state index contributed by atoms with van der Waals surface area (Å²) in [5.74, 6) is -0.0442. The van der Waals surface area contributed by atoms with Crippen LogP contribution in [0, 0.1) is 12.7 Å². The smallest absolute Gasteiger partial charge is 0.234 e. The largest absolute Gasteiger partial charge is 0.323 e. The first-order valence-electron chi connectivity index (χ1n) is 7.84. The molecule has 0 unspecified atom stereocenters. The standard InChI is InChI=1S/C18H16ClFN4OS/c1-12-22-23-18(24(12)10-13-5-3-2-4-6-13)26-11-17(25)21-16-8-7-14(19)9-15(16)20/h2-9H,10-11H2,1H3,(H,21,25). The van der Waals surface area contributed by atoms with Gasteiger partial charge in [0.05, 0.1) is 18.0 Å². The molecule has 1 heterocycles. The molecule has 26 heavy (non-hydrogen) atoms. The molecule has 0 saturated heterocycles. The van der Waals surface area contributed by atoms with Crippen molar-refractivity contribution >= 4 is 35.0 Å². The van der Waals surface area contributed by atoms with E-state index in [0.29, 0.717) is 11.7 Å². The van der Waals surface area contributed by atoms with Crippen molar-refractivity contribution in [1.29, 1.82) is 0 Å². The quantitative estimate of drug-likeness (QED) is 0.642. The fourth-order valence-electron chi connectivity index (χ4n) is 2.32. The Morgan fingerprint density at radius 2 is 2.00 bits per heavy atom. The van der Waals surface area contributed by atoms with E-state index < -0.39 is 5.82 Å². The van der Waals surface area contributed by atoms with E-state index in [0.717, 1.165) is 17.5 Å². The fourth-order valence-corrected chi connectivity index (χ4v) is 3.27. The number of amides is 1. The Balaban J connectivity index is 1.63. The van der Waals surface area contributed by atoms with Gasteiger partial charge in [0.1, 0.15) is 11.6 Å². The summed E-state index contributed by atoms with van der Waals surface area (Å²) in [6.45, 7) is 2.48. The number of nitrogens with one attached hydrogen (secondary N) is 1. The third-order valence-electron chi connectivity index (χ3n) is 3.62. The monoisotopic (exact) mass is 390 g/mol. The minimum atomic E-state index is -0.570. The van der Waals surface area contributed by atoms with Crippen LogP contribution >= 0.6 is 23.4 Å². The molecule has 0 saturated carbocycles. The molecule has 0 bridgehead atoms. The molecular weight excluding hydrogens is 375 g/mol. The van der Waals surface area contributed by atoms with Crippen LogP contribution in [0.3, 0.4) is 0 Å². The summed E-state index contributed by atoms with van der Waals surface area (Å²) >= 11 is 6.96. The average molecular weight is 391 g/mol. The lowest BCUT2D eigenvalue weighted by atomic mass is 10.2. The maximum atomic E-state index is 13.8. The van der Waals surface area contributed by atoms with Gasteiger partial charge in [0.15, 0.2) is 5.16 Å². The number of hydrogen-bond acceptors (Lipinski definition) is 4. The van der Waals surface area contributed by atoms with Crippen molar-refractivity contribution in [2.75, 3.05) is 11.1 Å². The average Bonchev–Trinajstić information content (AvgIpc) is 2.97. The van der Waals surface area contributed by atoms with E-state index in [2.05, 4.69) is 15.5 Å². The number of anilines is 1. The summed E-state index contributed by atoms with van der Waals surface area (Å²) in [6.07, 6.45) is 0. The van der Waals surface area contributed by atoms with Gasteiger partial charge in [-0.05, 0) is 30.7 Å². The first kappa shape index (κ1) is 18.4. The highest BCUT2D eigenvalue weighted by Crippen LogP contribution is 2.21. The fraction of sp³-hybridized carbons (Fsp3) is 0.167. The summed E-state index contributed by atoms with van der Waals surface area (Å²) in [5, 5.41) is 11.7. The van der Waals surface area contributed by atoms with E-state index in [9.17, 15) is 9.18 Å². The van der Waals surface area contributed by atoms with Crippen molar-refractivity contribution in [3.8, 4) is 0 Å². The van der Waals surface area contributed by atoms with Crippen LogP contribution in [0.4, 0.5) is 10.1 Å². The Hall–Kier alpha value is -2.38. The number of rotatable bonds is 6. The van der Waals surface area contributed by atoms with Crippen LogP contribution in [0.2, 0.25) is 5.02 Å². The lowest BCUT2D eigenvalue weighted by Crippen LogP contribution is -2.15. The van der Waals surface area contributed by atoms with Crippen LogP contribution in [0.25, 0.3) is 0 Å². The summed E-state index contributed by atoms with van der Waals surface area (Å²) in [7, 11) is 0. The van der Waals surface area contributed by atoms with Gasteiger partial charge in [-0.25, -0.2) is 4.39 Å². The van der Waals surface area contributed by atoms with Crippen molar-refractivity contribution in [3.05, 3.63) is 70.8 Å². The summed E-state index contributed by atoms with van der Waals surface area (Å²) in [4.78, 5) is 12.1. The van der Waals surface area contributed by atoms with Crippen LogP contribution in [-0.2, 0) is 11.3 Å². The lowest BCUT2D eigenvalue weighted by molar-refractivity contribution is -0.113. The van der Waals surface area contributed by atoms with Gasteiger partial charge in [0.2, 0.25) is 5.91 Å². The Kier molecular flexibility index (Phi) is 5.90. The molecular formula is C18H16ClFN4OS. The molecule has 0 aliphatic carbocycles. The summed E-state index contributed by atoms with van der Waals surface area (Å²) in [6, 6.07) is 14.0. The zero-order chi connectivity index (χ0) is 18.5. The zero-order valence-electron chi connectivity index (χ0n) is 13.9. The van der Waals surface area contributed by atoms with Gasteiger partial charge in [-0.15, -0.1) is 10.2 Å². The molecule has 3 aromatic rings. The molecule has 5 nitrogen and oxygen atoms in total. The van der Waals surface area contributed by atoms with Gasteiger partial charge in [0.25, 0.3) is 0 Å². The molecule has 0 spiro atoms. The SMILES string of the molecule is Cc1nnc(SCC(=O)Nc2ccc(Cl)cc2F)n1Cc1ccccc1. The van der Waals surface area contributed by atoms with Crippen molar-refractivity contribution < 1.29 is 9.18 Å². The number of halogens is 2. The Bertz CT molecular complexity index is 917. The van der Waals surface area contributed by atoms with Crippen LogP contribution < -0.4 is 5.32 Å². The maximum Gasteiger partial charge on any atom is 0.234 e. The third kappa shape index (κ3) is 4.62. The highest BCUT2D eigenvalue weighted by molar-refractivity contribution is 7.99. The first-order chi connectivity index (χ1) is 12.5. The van der Waals surface area contributed by atoms with Gasteiger partial charge in [-0.3, -0.25) is 4.79 Å². The van der Waals surface area contributed by atoms with Gasteiger partial charge in [-0.1, -0.05) is 53.7 Å². The molecule has 2 aromatic carbocycles. The van der Waals surface area contributed by atoms with Crippen molar-refractivity contribution in [2.24, 2.45) is 0 Å². The van der Waals surface area contributed by atoms with Gasteiger partial charge < -0.3 is 9.88 Å². The Morgan fingerprint density at radius 3 is 2.73 bits per heavy atom. The maximum absolute atomic E-state index is 13.8. The molecule has 0 radical (unpaired) electrons. The van der Waals surface area contributed by atoms with E-state index in [1.807, 2.05) is 41.8 Å².